The summed E-state index contributed by atoms with van der Waals surface area (Å²) in [5, 5.41) is 17.7. The standard InChI is InChI=1S/C31H44N2O9/c1-18(8-11-25-30(36)31(17-39-31)16-22(41-25)14-29(35)38-6)7-10-24-20(3)13-23(21(4)40-24)32-27(34)12-9-19(2)26-15-28(37-5)33-42-26/h7-9,11-12,15,19-25,30,36H,10,13-14,16-17H2,1-6H3,(H,32,34)/b11-8+,12-9-,18-7+/t19?,20-,21+,22+,23+,24-,25+,30+,31+/m0/s1. The van der Waals surface area contributed by atoms with Crippen LogP contribution in [0.4, 0.5) is 0 Å². The van der Waals surface area contributed by atoms with E-state index in [2.05, 4.69) is 23.5 Å². The predicted molar refractivity (Wildman–Crippen MR) is 153 cm³/mol. The number of methoxy groups -OCH3 is 2. The number of aliphatic hydroxyl groups is 1. The number of nitrogens with zero attached hydrogens (tertiary/aromatic N) is 1. The molecule has 42 heavy (non-hydrogen) atoms. The number of esters is 1. The van der Waals surface area contributed by atoms with E-state index in [0.717, 1.165) is 12.0 Å². The van der Waals surface area contributed by atoms with E-state index in [1.807, 2.05) is 32.9 Å². The van der Waals surface area contributed by atoms with Crippen molar-refractivity contribution in [1.29, 1.82) is 0 Å². The van der Waals surface area contributed by atoms with Gasteiger partial charge in [-0.05, 0) is 43.8 Å². The van der Waals surface area contributed by atoms with E-state index < -0.39 is 17.8 Å². The number of aromatic nitrogens is 1. The zero-order valence-electron chi connectivity index (χ0n) is 25.3. The van der Waals surface area contributed by atoms with Crippen molar-refractivity contribution in [1.82, 2.24) is 10.5 Å². The van der Waals surface area contributed by atoms with E-state index in [0.29, 0.717) is 31.1 Å². The molecule has 0 saturated carbocycles. The molecule has 3 fully saturated rings. The summed E-state index contributed by atoms with van der Waals surface area (Å²) in [4.78, 5) is 24.4. The molecule has 1 amide bonds. The first-order valence-electron chi connectivity index (χ1n) is 14.6. The molecule has 3 aliphatic rings. The Kier molecular flexibility index (Phi) is 10.6. The highest BCUT2D eigenvalue weighted by Gasteiger charge is 2.58. The molecule has 4 rings (SSSR count). The fraction of sp³-hybridized carbons (Fsp3) is 0.645. The third-order valence-corrected chi connectivity index (χ3v) is 8.38. The minimum absolute atomic E-state index is 0.0117. The number of epoxide rings is 1. The van der Waals surface area contributed by atoms with Gasteiger partial charge in [-0.25, -0.2) is 0 Å². The van der Waals surface area contributed by atoms with Crippen LogP contribution in [0, 0.1) is 5.92 Å². The summed E-state index contributed by atoms with van der Waals surface area (Å²) in [6.45, 7) is 8.47. The first-order valence-corrected chi connectivity index (χ1v) is 14.6. The second-order valence-electron chi connectivity index (χ2n) is 11.7. The van der Waals surface area contributed by atoms with Gasteiger partial charge in [0.15, 0.2) is 0 Å². The number of allylic oxidation sites excluding steroid dienone is 3. The van der Waals surface area contributed by atoms with Gasteiger partial charge in [-0.3, -0.25) is 9.59 Å². The van der Waals surface area contributed by atoms with E-state index in [4.69, 9.17) is 28.2 Å². The van der Waals surface area contributed by atoms with E-state index >= 15 is 0 Å². The van der Waals surface area contributed by atoms with Crippen molar-refractivity contribution in [3.05, 3.63) is 47.8 Å². The number of nitrogens with one attached hydrogen (secondary N) is 1. The fourth-order valence-electron chi connectivity index (χ4n) is 5.54. The SMILES string of the molecule is COC(=O)C[C@@H]1C[C@@]2(CO2)[C@H](O)[C@@H](/C=C/C(C)=C/C[C@@H]2O[C@H](C)[C@H](NC(=O)/C=C\C(C)c3cc(OC)no3)C[C@@H]2C)O1. The molecule has 1 spiro atoms. The van der Waals surface area contributed by atoms with Gasteiger partial charge in [-0.15, -0.1) is 0 Å². The molecule has 11 nitrogen and oxygen atoms in total. The second kappa shape index (κ2) is 14.0. The molecule has 232 valence electrons. The molecule has 2 N–H and O–H groups in total. The minimum atomic E-state index is -0.797. The Hall–Kier alpha value is -2.99. The second-order valence-corrected chi connectivity index (χ2v) is 11.7. The summed E-state index contributed by atoms with van der Waals surface area (Å²) in [5.74, 6) is 0.594. The Morgan fingerprint density at radius 1 is 1.26 bits per heavy atom. The van der Waals surface area contributed by atoms with Gasteiger partial charge in [0.05, 0.1) is 51.6 Å². The summed E-state index contributed by atoms with van der Waals surface area (Å²) in [6, 6.07) is 1.60. The molecule has 0 bridgehead atoms. The van der Waals surface area contributed by atoms with E-state index in [1.54, 1.807) is 12.1 Å². The summed E-state index contributed by atoms with van der Waals surface area (Å²) >= 11 is 0. The molecule has 0 aromatic carbocycles. The number of hydrogen-bond acceptors (Lipinski definition) is 10. The van der Waals surface area contributed by atoms with Crippen LogP contribution in [0.2, 0.25) is 0 Å². The molecule has 3 saturated heterocycles. The van der Waals surface area contributed by atoms with Crippen LogP contribution in [-0.4, -0.2) is 85.1 Å². The third-order valence-electron chi connectivity index (χ3n) is 8.38. The van der Waals surface area contributed by atoms with Gasteiger partial charge in [0.2, 0.25) is 5.91 Å². The van der Waals surface area contributed by atoms with Crippen molar-refractivity contribution in [3.63, 3.8) is 0 Å². The van der Waals surface area contributed by atoms with Crippen molar-refractivity contribution in [2.24, 2.45) is 5.92 Å². The molecule has 3 aliphatic heterocycles. The number of rotatable bonds is 11. The lowest BCUT2D eigenvalue weighted by molar-refractivity contribution is -0.157. The Labute approximate surface area is 247 Å². The van der Waals surface area contributed by atoms with E-state index in [1.165, 1.54) is 20.3 Å². The van der Waals surface area contributed by atoms with Gasteiger partial charge in [-0.2, -0.15) is 0 Å². The van der Waals surface area contributed by atoms with Gasteiger partial charge in [0, 0.05) is 18.4 Å². The Balaban J connectivity index is 1.25. The third kappa shape index (κ3) is 8.09. The van der Waals surface area contributed by atoms with Gasteiger partial charge in [0.1, 0.15) is 23.6 Å². The van der Waals surface area contributed by atoms with Gasteiger partial charge in [0.25, 0.3) is 5.88 Å². The highest BCUT2D eigenvalue weighted by atomic mass is 16.6. The molecule has 11 heteroatoms. The zero-order valence-corrected chi connectivity index (χ0v) is 25.3. The molecule has 0 aliphatic carbocycles. The number of carbonyl (C=O) groups excluding carboxylic acids is 2. The zero-order chi connectivity index (χ0) is 30.4. The maximum Gasteiger partial charge on any atom is 0.308 e. The lowest BCUT2D eigenvalue weighted by Crippen LogP contribution is -2.50. The fourth-order valence-corrected chi connectivity index (χ4v) is 5.54. The van der Waals surface area contributed by atoms with E-state index in [-0.39, 0.29) is 54.5 Å². The molecule has 1 aromatic heterocycles. The quantitative estimate of drug-likeness (QED) is 0.171. The maximum absolute atomic E-state index is 12.6. The van der Waals surface area contributed by atoms with Crippen molar-refractivity contribution < 1.29 is 42.9 Å². The average Bonchev–Trinajstić information content (AvgIpc) is 3.56. The van der Waals surface area contributed by atoms with Crippen LogP contribution < -0.4 is 10.1 Å². The van der Waals surface area contributed by atoms with Crippen LogP contribution in [0.15, 0.2) is 46.5 Å². The van der Waals surface area contributed by atoms with Crippen LogP contribution >= 0.6 is 0 Å². The van der Waals surface area contributed by atoms with Crippen LogP contribution in [0.5, 0.6) is 5.88 Å². The Morgan fingerprint density at radius 3 is 2.69 bits per heavy atom. The van der Waals surface area contributed by atoms with Crippen molar-refractivity contribution >= 4 is 11.9 Å². The summed E-state index contributed by atoms with van der Waals surface area (Å²) in [6.07, 6.45) is 9.37. The summed E-state index contributed by atoms with van der Waals surface area (Å²) in [5.41, 5.74) is 0.366. The predicted octanol–water partition coefficient (Wildman–Crippen LogP) is 3.38. The van der Waals surface area contributed by atoms with Crippen LogP contribution in [0.1, 0.15) is 65.1 Å². The molecular formula is C31H44N2O9. The number of hydrogen-bond donors (Lipinski definition) is 2. The van der Waals surface area contributed by atoms with Crippen molar-refractivity contribution in [3.8, 4) is 5.88 Å². The molecule has 4 heterocycles. The van der Waals surface area contributed by atoms with Crippen molar-refractivity contribution in [2.75, 3.05) is 20.8 Å². The molecular weight excluding hydrogens is 544 g/mol. The lowest BCUT2D eigenvalue weighted by atomic mass is 9.87. The Morgan fingerprint density at radius 2 is 2.02 bits per heavy atom. The van der Waals surface area contributed by atoms with Gasteiger partial charge in [-0.1, -0.05) is 43.7 Å². The highest BCUT2D eigenvalue weighted by Crippen LogP contribution is 2.43. The lowest BCUT2D eigenvalue weighted by Gasteiger charge is -2.39. The number of carbonyl (C=O) groups is 2. The number of ether oxygens (including phenoxy) is 5. The number of amides is 1. The molecule has 0 radical (unpaired) electrons. The van der Waals surface area contributed by atoms with Crippen LogP contribution in [-0.2, 0) is 28.5 Å². The van der Waals surface area contributed by atoms with Crippen molar-refractivity contribution in [2.45, 2.75) is 101 Å². The highest BCUT2D eigenvalue weighted by molar-refractivity contribution is 5.87. The van der Waals surface area contributed by atoms with Gasteiger partial charge < -0.3 is 38.6 Å². The first-order chi connectivity index (χ1) is 20.0. The topological polar surface area (TPSA) is 142 Å². The van der Waals surface area contributed by atoms with Crippen LogP contribution in [0.3, 0.4) is 0 Å². The molecule has 1 aromatic rings. The smallest absolute Gasteiger partial charge is 0.308 e. The molecule has 1 unspecified atom stereocenters. The Bertz CT molecular complexity index is 1170. The molecule has 9 atom stereocenters. The maximum atomic E-state index is 12.6. The van der Waals surface area contributed by atoms with Crippen LogP contribution in [0.25, 0.3) is 0 Å². The monoisotopic (exact) mass is 588 g/mol. The van der Waals surface area contributed by atoms with Gasteiger partial charge >= 0.3 is 5.97 Å². The van der Waals surface area contributed by atoms with E-state index in [9.17, 15) is 14.7 Å². The number of aliphatic hydroxyl groups excluding tert-OH is 1. The minimum Gasteiger partial charge on any atom is -0.479 e. The normalized spacial score (nSPS) is 34.1. The average molecular weight is 589 g/mol. The summed E-state index contributed by atoms with van der Waals surface area (Å²) in [7, 11) is 2.87. The largest absolute Gasteiger partial charge is 0.479 e. The summed E-state index contributed by atoms with van der Waals surface area (Å²) < 4.78 is 32.9. The first kappa shape index (κ1) is 31.9.